The monoisotopic (exact) mass is 349 g/mol. The zero-order valence-electron chi connectivity index (χ0n) is 13.1. The van der Waals surface area contributed by atoms with Gasteiger partial charge >= 0.3 is 0 Å². The molecule has 2 rings (SSSR count). The van der Waals surface area contributed by atoms with Crippen LogP contribution in [0.4, 0.5) is 5.69 Å². The molecule has 0 aliphatic rings. The van der Waals surface area contributed by atoms with Crippen LogP contribution in [0.2, 0.25) is 5.02 Å². The van der Waals surface area contributed by atoms with Crippen LogP contribution in [0, 0.1) is 4.77 Å². The summed E-state index contributed by atoms with van der Waals surface area (Å²) in [6.45, 7) is 2.18. The maximum absolute atomic E-state index is 12.3. The summed E-state index contributed by atoms with van der Waals surface area (Å²) in [6, 6.07) is 8.71. The molecular formula is C17H20ClN3OS. The first-order valence-electron chi connectivity index (χ1n) is 7.75. The molecule has 1 amide bonds. The van der Waals surface area contributed by atoms with Crippen molar-refractivity contribution in [3.63, 3.8) is 0 Å². The Morgan fingerprint density at radius 3 is 2.70 bits per heavy atom. The molecule has 0 aliphatic heterocycles. The van der Waals surface area contributed by atoms with E-state index < -0.39 is 0 Å². The molecule has 1 aromatic heterocycles. The van der Waals surface area contributed by atoms with Crippen LogP contribution < -0.4 is 5.32 Å². The van der Waals surface area contributed by atoms with Crippen molar-refractivity contribution >= 4 is 35.4 Å². The molecule has 0 fully saturated rings. The molecule has 0 bridgehead atoms. The third-order valence-corrected chi connectivity index (χ3v) is 3.88. The van der Waals surface area contributed by atoms with Gasteiger partial charge in [-0.3, -0.25) is 4.79 Å². The lowest BCUT2D eigenvalue weighted by atomic mass is 10.1. The fourth-order valence-electron chi connectivity index (χ4n) is 2.23. The van der Waals surface area contributed by atoms with E-state index in [0.29, 0.717) is 21.2 Å². The first-order valence-corrected chi connectivity index (χ1v) is 8.54. The molecule has 0 unspecified atom stereocenters. The largest absolute Gasteiger partial charge is 0.334 e. The Balaban J connectivity index is 2.05. The number of aryl methyl sites for hydroxylation is 1. The van der Waals surface area contributed by atoms with Crippen molar-refractivity contribution in [1.82, 2.24) is 9.97 Å². The zero-order chi connectivity index (χ0) is 16.7. The first kappa shape index (κ1) is 17.6. The molecule has 1 aromatic carbocycles. The molecule has 0 saturated heterocycles. The molecule has 0 atom stereocenters. The number of aromatic nitrogens is 2. The van der Waals surface area contributed by atoms with Crippen molar-refractivity contribution in [2.75, 3.05) is 5.32 Å². The quantitative estimate of drug-likeness (QED) is 0.535. The van der Waals surface area contributed by atoms with Crippen LogP contribution in [0.5, 0.6) is 0 Å². The van der Waals surface area contributed by atoms with E-state index in [1.54, 1.807) is 30.3 Å². The van der Waals surface area contributed by atoms with Gasteiger partial charge in [0.2, 0.25) is 0 Å². The predicted molar refractivity (Wildman–Crippen MR) is 96.7 cm³/mol. The molecule has 2 aromatic rings. The maximum Gasteiger partial charge on any atom is 0.274 e. The van der Waals surface area contributed by atoms with Gasteiger partial charge in [0.15, 0.2) is 4.77 Å². The smallest absolute Gasteiger partial charge is 0.274 e. The lowest BCUT2D eigenvalue weighted by Crippen LogP contribution is -2.15. The third kappa shape index (κ3) is 5.77. The summed E-state index contributed by atoms with van der Waals surface area (Å²) in [4.78, 5) is 19.5. The SMILES string of the molecule is CCCCCCc1cc(C(=O)Nc2ccc(Cl)cc2)nc(=S)[nH]1. The molecule has 0 spiro atoms. The van der Waals surface area contributed by atoms with Gasteiger partial charge in [-0.25, -0.2) is 4.98 Å². The summed E-state index contributed by atoms with van der Waals surface area (Å²) >= 11 is 11.0. The average Bonchev–Trinajstić information content (AvgIpc) is 2.53. The number of hydrogen-bond donors (Lipinski definition) is 2. The summed E-state index contributed by atoms with van der Waals surface area (Å²) < 4.78 is 0.333. The average molecular weight is 350 g/mol. The van der Waals surface area contributed by atoms with Crippen molar-refractivity contribution in [3.05, 3.63) is 51.5 Å². The van der Waals surface area contributed by atoms with E-state index in [-0.39, 0.29) is 5.91 Å². The standard InChI is InChI=1S/C17H20ClN3OS/c1-2-3-4-5-6-14-11-15(21-17(23)20-14)16(22)19-13-9-7-12(18)8-10-13/h7-11H,2-6H2,1H3,(H,19,22)(H,20,21,23). The molecule has 1 heterocycles. The molecule has 0 saturated carbocycles. The van der Waals surface area contributed by atoms with Crippen molar-refractivity contribution in [3.8, 4) is 0 Å². The van der Waals surface area contributed by atoms with Crippen LogP contribution in [-0.2, 0) is 6.42 Å². The fraction of sp³-hybridized carbons (Fsp3) is 0.353. The van der Waals surface area contributed by atoms with Crippen LogP contribution in [0.3, 0.4) is 0 Å². The highest BCUT2D eigenvalue weighted by Gasteiger charge is 2.09. The van der Waals surface area contributed by atoms with Gasteiger partial charge in [0.1, 0.15) is 5.69 Å². The van der Waals surface area contributed by atoms with E-state index >= 15 is 0 Å². The first-order chi connectivity index (χ1) is 11.1. The Morgan fingerprint density at radius 2 is 2.00 bits per heavy atom. The number of halogens is 1. The zero-order valence-corrected chi connectivity index (χ0v) is 14.6. The number of unbranched alkanes of at least 4 members (excludes halogenated alkanes) is 3. The number of nitrogens with one attached hydrogen (secondary N) is 2. The topological polar surface area (TPSA) is 57.8 Å². The van der Waals surface area contributed by atoms with Gasteiger partial charge in [-0.2, -0.15) is 0 Å². The second kappa shape index (κ2) is 8.79. The number of rotatable bonds is 7. The minimum Gasteiger partial charge on any atom is -0.334 e. The lowest BCUT2D eigenvalue weighted by molar-refractivity contribution is 0.102. The van der Waals surface area contributed by atoms with Crippen molar-refractivity contribution in [2.45, 2.75) is 39.0 Å². The fourth-order valence-corrected chi connectivity index (χ4v) is 2.59. The van der Waals surface area contributed by atoms with Crippen LogP contribution in [0.1, 0.15) is 48.8 Å². The minimum absolute atomic E-state index is 0.276. The Hall–Kier alpha value is -1.72. The van der Waals surface area contributed by atoms with E-state index in [1.807, 2.05) is 0 Å². The van der Waals surface area contributed by atoms with Gasteiger partial charge in [0.05, 0.1) is 0 Å². The van der Waals surface area contributed by atoms with E-state index in [2.05, 4.69) is 22.2 Å². The summed E-state index contributed by atoms with van der Waals surface area (Å²) in [7, 11) is 0. The highest BCUT2D eigenvalue weighted by Crippen LogP contribution is 2.14. The number of carbonyl (C=O) groups excluding carboxylic acids is 1. The number of anilines is 1. The third-order valence-electron chi connectivity index (χ3n) is 3.43. The van der Waals surface area contributed by atoms with E-state index in [9.17, 15) is 4.79 Å². The second-order valence-corrected chi connectivity index (χ2v) is 6.19. The van der Waals surface area contributed by atoms with E-state index in [0.717, 1.165) is 18.5 Å². The minimum atomic E-state index is -0.276. The molecule has 0 radical (unpaired) electrons. The highest BCUT2D eigenvalue weighted by molar-refractivity contribution is 7.71. The molecule has 6 heteroatoms. The number of amides is 1. The summed E-state index contributed by atoms with van der Waals surface area (Å²) in [5.74, 6) is -0.276. The number of H-pyrrole nitrogens is 1. The number of carbonyl (C=O) groups is 1. The number of aromatic amines is 1. The predicted octanol–water partition coefficient (Wildman–Crippen LogP) is 5.17. The summed E-state index contributed by atoms with van der Waals surface area (Å²) in [5.41, 5.74) is 1.95. The van der Waals surface area contributed by atoms with Crippen molar-refractivity contribution in [2.24, 2.45) is 0 Å². The van der Waals surface area contributed by atoms with Gasteiger partial charge in [-0.15, -0.1) is 0 Å². The number of nitrogens with zero attached hydrogens (tertiary/aromatic N) is 1. The molecule has 0 aliphatic carbocycles. The van der Waals surface area contributed by atoms with Gasteiger partial charge in [0.25, 0.3) is 5.91 Å². The Labute approximate surface area is 146 Å². The molecule has 4 nitrogen and oxygen atoms in total. The van der Waals surface area contributed by atoms with Crippen LogP contribution >= 0.6 is 23.8 Å². The van der Waals surface area contributed by atoms with E-state index in [1.165, 1.54) is 19.3 Å². The Kier molecular flexibility index (Phi) is 6.74. The van der Waals surface area contributed by atoms with Crippen molar-refractivity contribution in [1.29, 1.82) is 0 Å². The van der Waals surface area contributed by atoms with Gasteiger partial charge < -0.3 is 10.3 Å². The van der Waals surface area contributed by atoms with E-state index in [4.69, 9.17) is 23.8 Å². The normalized spacial score (nSPS) is 10.5. The molecule has 2 N–H and O–H groups in total. The Morgan fingerprint density at radius 1 is 1.26 bits per heavy atom. The van der Waals surface area contributed by atoms with Crippen LogP contribution in [0.15, 0.2) is 30.3 Å². The van der Waals surface area contributed by atoms with Gasteiger partial charge in [0, 0.05) is 16.4 Å². The van der Waals surface area contributed by atoms with Gasteiger partial charge in [-0.1, -0.05) is 37.8 Å². The molecular weight excluding hydrogens is 330 g/mol. The van der Waals surface area contributed by atoms with Gasteiger partial charge in [-0.05, 0) is 55.4 Å². The highest BCUT2D eigenvalue weighted by atomic mass is 35.5. The summed E-state index contributed by atoms with van der Waals surface area (Å²) in [5, 5.41) is 3.42. The van der Waals surface area contributed by atoms with Crippen molar-refractivity contribution < 1.29 is 4.79 Å². The van der Waals surface area contributed by atoms with Crippen LogP contribution in [0.25, 0.3) is 0 Å². The second-order valence-electron chi connectivity index (χ2n) is 5.37. The summed E-state index contributed by atoms with van der Waals surface area (Å²) in [6.07, 6.45) is 5.53. The molecule has 23 heavy (non-hydrogen) atoms. The molecule has 122 valence electrons. The lowest BCUT2D eigenvalue weighted by Gasteiger charge is -2.07. The maximum atomic E-state index is 12.3. The van der Waals surface area contributed by atoms with Crippen LogP contribution in [-0.4, -0.2) is 15.9 Å². The Bertz CT molecular complexity index is 713. The number of hydrogen-bond acceptors (Lipinski definition) is 3. The number of benzene rings is 1.